The van der Waals surface area contributed by atoms with Crippen LogP contribution in [0.4, 0.5) is 51.2 Å². The van der Waals surface area contributed by atoms with Crippen LogP contribution in [0.25, 0.3) is 32.3 Å². The van der Waals surface area contributed by atoms with Crippen LogP contribution in [0.15, 0.2) is 291 Å². The van der Waals surface area contributed by atoms with Crippen LogP contribution in [0.3, 0.4) is 0 Å². The van der Waals surface area contributed by atoms with Crippen molar-refractivity contribution in [2.45, 2.75) is 18.8 Å². The van der Waals surface area contributed by atoms with E-state index >= 15 is 0 Å². The van der Waals surface area contributed by atoms with E-state index < -0.39 is 0 Å². The van der Waals surface area contributed by atoms with Gasteiger partial charge in [-0.05, 0) is 171 Å². The minimum Gasteiger partial charge on any atom is -0.311 e. The molecule has 0 amide bonds. The van der Waals surface area contributed by atoms with Crippen LogP contribution in [0.5, 0.6) is 0 Å². The second kappa shape index (κ2) is 20.0. The highest BCUT2D eigenvalue weighted by Crippen LogP contribution is 2.43. The summed E-state index contributed by atoms with van der Waals surface area (Å²) in [6.45, 7) is 0. The maximum absolute atomic E-state index is 2.38. The van der Waals surface area contributed by atoms with Gasteiger partial charge in [-0.1, -0.05) is 182 Å². The lowest BCUT2D eigenvalue weighted by atomic mass is 9.86. The van der Waals surface area contributed by atoms with E-state index in [4.69, 9.17) is 0 Å². The van der Waals surface area contributed by atoms with Crippen molar-refractivity contribution in [3.8, 4) is 0 Å². The van der Waals surface area contributed by atoms with Gasteiger partial charge in [0.25, 0.3) is 0 Å². The molecular formula is C69H53N3. The van der Waals surface area contributed by atoms with Gasteiger partial charge in [-0.15, -0.1) is 0 Å². The number of hydrogen-bond donors (Lipinski definition) is 0. The van der Waals surface area contributed by atoms with Crippen LogP contribution in [0, 0.1) is 0 Å². The third-order valence-electron chi connectivity index (χ3n) is 14.0. The summed E-state index contributed by atoms with van der Waals surface area (Å²) < 4.78 is 0. The van der Waals surface area contributed by atoms with Gasteiger partial charge >= 0.3 is 0 Å². The van der Waals surface area contributed by atoms with E-state index in [1.54, 1.807) is 0 Å². The van der Waals surface area contributed by atoms with Gasteiger partial charge in [0.05, 0.1) is 0 Å². The van der Waals surface area contributed by atoms with Gasteiger partial charge in [-0.3, -0.25) is 0 Å². The lowest BCUT2D eigenvalue weighted by molar-refractivity contribution is 0.715. The summed E-state index contributed by atoms with van der Waals surface area (Å²) in [5, 5.41) is 7.44. The highest BCUT2D eigenvalue weighted by atomic mass is 15.2. The number of para-hydroxylation sites is 2. The molecule has 12 rings (SSSR count). The Hall–Kier alpha value is -9.18. The van der Waals surface area contributed by atoms with Crippen LogP contribution >= 0.6 is 0 Å². The van der Waals surface area contributed by atoms with Crippen molar-refractivity contribution in [2.24, 2.45) is 0 Å². The topological polar surface area (TPSA) is 9.72 Å². The van der Waals surface area contributed by atoms with Crippen molar-refractivity contribution in [1.82, 2.24) is 0 Å². The van der Waals surface area contributed by atoms with Gasteiger partial charge in [0.2, 0.25) is 0 Å². The molecule has 0 saturated heterocycles. The van der Waals surface area contributed by atoms with Gasteiger partial charge < -0.3 is 14.7 Å². The minimum absolute atomic E-state index is 0.233. The summed E-state index contributed by atoms with van der Waals surface area (Å²) in [4.78, 5) is 7.07. The van der Waals surface area contributed by atoms with Crippen molar-refractivity contribution < 1.29 is 0 Å². The molecule has 0 spiro atoms. The molecule has 0 aliphatic rings. The zero-order valence-electron chi connectivity index (χ0n) is 40.0. The molecule has 3 nitrogen and oxygen atoms in total. The predicted octanol–water partition coefficient (Wildman–Crippen LogP) is 19.3. The van der Waals surface area contributed by atoms with Gasteiger partial charge in [0.15, 0.2) is 0 Å². The molecule has 72 heavy (non-hydrogen) atoms. The van der Waals surface area contributed by atoms with Crippen LogP contribution in [0.1, 0.15) is 29.0 Å². The highest BCUT2D eigenvalue weighted by molar-refractivity contribution is 5.91. The monoisotopic (exact) mass is 923 g/mol. The molecule has 12 aromatic carbocycles. The highest BCUT2D eigenvalue weighted by Gasteiger charge is 2.20. The van der Waals surface area contributed by atoms with Crippen LogP contribution in [-0.4, -0.2) is 0 Å². The fraction of sp³-hybridized carbons (Fsp3) is 0.0435. The van der Waals surface area contributed by atoms with Gasteiger partial charge in [0, 0.05) is 57.1 Å². The maximum atomic E-state index is 2.38. The Morgan fingerprint density at radius 1 is 0.222 bits per heavy atom. The Balaban J connectivity index is 0.928. The Morgan fingerprint density at radius 3 is 0.944 bits per heavy atom. The average molecular weight is 924 g/mol. The lowest BCUT2D eigenvalue weighted by Gasteiger charge is -2.30. The fourth-order valence-electron chi connectivity index (χ4n) is 10.4. The number of anilines is 9. The Bertz CT molecular complexity index is 3580. The maximum Gasteiger partial charge on any atom is 0.0468 e. The molecule has 0 N–H and O–H groups in total. The first-order chi connectivity index (χ1) is 35.7. The molecule has 0 bridgehead atoms. The number of nitrogens with zero attached hydrogens (tertiary/aromatic N) is 3. The molecule has 0 aromatic heterocycles. The molecule has 0 radical (unpaired) electrons. The molecule has 12 aromatic rings. The molecular weight excluding hydrogens is 871 g/mol. The van der Waals surface area contributed by atoms with Crippen molar-refractivity contribution in [3.63, 3.8) is 0 Å². The molecule has 0 aliphatic carbocycles. The van der Waals surface area contributed by atoms with E-state index in [9.17, 15) is 0 Å². The summed E-state index contributed by atoms with van der Waals surface area (Å²) >= 11 is 0. The summed E-state index contributed by atoms with van der Waals surface area (Å²) in [6.07, 6.45) is 1.98. The normalized spacial score (nSPS) is 11.7. The van der Waals surface area contributed by atoms with Crippen LogP contribution in [-0.2, 0) is 6.42 Å². The average Bonchev–Trinajstić information content (AvgIpc) is 3.45. The first-order valence-electron chi connectivity index (χ1n) is 25.0. The third-order valence-corrected chi connectivity index (χ3v) is 14.0. The zero-order valence-corrected chi connectivity index (χ0v) is 40.0. The third kappa shape index (κ3) is 9.20. The van der Waals surface area contributed by atoms with Crippen LogP contribution < -0.4 is 14.7 Å². The van der Waals surface area contributed by atoms with Gasteiger partial charge in [-0.25, -0.2) is 0 Å². The van der Waals surface area contributed by atoms with Crippen molar-refractivity contribution >= 4 is 83.5 Å². The Kier molecular flexibility index (Phi) is 12.3. The summed E-state index contributed by atoms with van der Waals surface area (Å²) in [5.74, 6) is 0.233. The quantitative estimate of drug-likeness (QED) is 0.108. The largest absolute Gasteiger partial charge is 0.311 e. The van der Waals surface area contributed by atoms with E-state index in [0.717, 1.165) is 64.0 Å². The number of fused-ring (bicyclic) bond motifs is 3. The standard InChI is InChI=1S/C69H53N3/c1-4-19-55(20-5-1)69(47-29-51-28-30-52-16-10-13-21-57(52)48-51)56-33-35-62(36-34-56)70(63-39-43-65(44-40-63)71(60-24-6-2-7-25-60)67-37-31-53-17-11-14-22-58(53)49-67)64-41-45-66(46-42-64)72(61-26-8-3-9-27-61)68-38-32-54-18-12-15-23-59(54)50-68/h1-28,30-46,48-50,69H,29,47H2. The molecule has 1 atom stereocenters. The number of hydrogen-bond acceptors (Lipinski definition) is 3. The molecule has 3 heteroatoms. The lowest BCUT2D eigenvalue weighted by Crippen LogP contribution is -2.13. The fourth-order valence-corrected chi connectivity index (χ4v) is 10.4. The van der Waals surface area contributed by atoms with Crippen molar-refractivity contribution in [3.05, 3.63) is 308 Å². The van der Waals surface area contributed by atoms with Crippen molar-refractivity contribution in [2.75, 3.05) is 14.7 Å². The minimum atomic E-state index is 0.233. The van der Waals surface area contributed by atoms with E-state index in [2.05, 4.69) is 306 Å². The Morgan fingerprint density at radius 2 is 0.514 bits per heavy atom. The molecule has 0 saturated carbocycles. The number of aryl methyl sites for hydroxylation is 1. The molecule has 0 fully saturated rings. The number of rotatable bonds is 14. The summed E-state index contributed by atoms with van der Waals surface area (Å²) in [5.41, 5.74) is 13.8. The first kappa shape index (κ1) is 44.1. The zero-order chi connectivity index (χ0) is 48.1. The smallest absolute Gasteiger partial charge is 0.0468 e. The van der Waals surface area contributed by atoms with Gasteiger partial charge in [0.1, 0.15) is 0 Å². The number of benzene rings is 12. The van der Waals surface area contributed by atoms with E-state index in [0.29, 0.717) is 0 Å². The van der Waals surface area contributed by atoms with Crippen LogP contribution in [0.2, 0.25) is 0 Å². The molecule has 0 aliphatic heterocycles. The van der Waals surface area contributed by atoms with E-state index in [1.807, 2.05) is 0 Å². The predicted molar refractivity (Wildman–Crippen MR) is 306 cm³/mol. The van der Waals surface area contributed by atoms with Gasteiger partial charge in [-0.2, -0.15) is 0 Å². The second-order valence-electron chi connectivity index (χ2n) is 18.5. The second-order valence-corrected chi connectivity index (χ2v) is 18.5. The molecule has 0 heterocycles. The first-order valence-corrected chi connectivity index (χ1v) is 25.0. The van der Waals surface area contributed by atoms with Crippen molar-refractivity contribution in [1.29, 1.82) is 0 Å². The molecule has 1 unspecified atom stereocenters. The SMILES string of the molecule is c1ccc(C(CCc2ccc3ccccc3c2)c2ccc(N(c3ccc(N(c4ccccc4)c4ccc5ccccc5c4)cc3)c3ccc(N(c4ccccc4)c4ccc5ccccc5c4)cc3)cc2)cc1. The summed E-state index contributed by atoms with van der Waals surface area (Å²) in [6, 6.07) is 106. The van der Waals surface area contributed by atoms with E-state index in [1.165, 1.54) is 49.0 Å². The van der Waals surface area contributed by atoms with E-state index in [-0.39, 0.29) is 5.92 Å². The molecule has 344 valence electrons. The summed E-state index contributed by atoms with van der Waals surface area (Å²) in [7, 11) is 0. The Labute approximate surface area is 422 Å².